The van der Waals surface area contributed by atoms with Gasteiger partial charge in [-0.3, -0.25) is 0 Å². The van der Waals surface area contributed by atoms with Crippen molar-refractivity contribution in [3.63, 3.8) is 0 Å². The molecular formula is C32H22O2S2. The molecule has 174 valence electrons. The van der Waals surface area contributed by atoms with Gasteiger partial charge in [-0.05, 0) is 57.9 Å². The second-order valence-corrected chi connectivity index (χ2v) is 10.7. The number of phenols is 2. The zero-order valence-electron chi connectivity index (χ0n) is 19.3. The molecular weight excluding hydrogens is 480 g/mol. The molecule has 0 unspecified atom stereocenters. The number of aromatic hydroxyl groups is 2. The third-order valence-electron chi connectivity index (χ3n) is 6.17. The molecule has 6 rings (SSSR count). The van der Waals surface area contributed by atoms with Gasteiger partial charge in [0, 0.05) is 20.9 Å². The number of benzene rings is 6. The van der Waals surface area contributed by atoms with E-state index < -0.39 is 0 Å². The Bertz CT molecular complexity index is 1570. The number of phenolic OH excluding ortho intramolecular Hbond substituents is 2. The van der Waals surface area contributed by atoms with Crippen molar-refractivity contribution in [2.45, 2.75) is 19.6 Å². The highest BCUT2D eigenvalue weighted by Crippen LogP contribution is 2.52. The predicted molar refractivity (Wildman–Crippen MR) is 151 cm³/mol. The van der Waals surface area contributed by atoms with Crippen molar-refractivity contribution < 1.29 is 10.2 Å². The first kappa shape index (κ1) is 22.6. The number of rotatable bonds is 5. The summed E-state index contributed by atoms with van der Waals surface area (Å²) in [5, 5.41) is 27.3. The highest BCUT2D eigenvalue weighted by atomic mass is 32.2. The van der Waals surface area contributed by atoms with Gasteiger partial charge in [-0.15, -0.1) is 0 Å². The molecule has 0 saturated heterocycles. The largest absolute Gasteiger partial charge is 0.506 e. The van der Waals surface area contributed by atoms with Crippen molar-refractivity contribution in [1.82, 2.24) is 0 Å². The van der Waals surface area contributed by atoms with Gasteiger partial charge >= 0.3 is 0 Å². The molecule has 4 heteroatoms. The quantitative estimate of drug-likeness (QED) is 0.246. The normalized spacial score (nSPS) is 11.2. The fraction of sp³-hybridized carbons (Fsp3) is 0. The summed E-state index contributed by atoms with van der Waals surface area (Å²) >= 11 is 3.04. The highest BCUT2D eigenvalue weighted by Gasteiger charge is 2.22. The van der Waals surface area contributed by atoms with Crippen LogP contribution < -0.4 is 0 Å². The van der Waals surface area contributed by atoms with E-state index in [2.05, 4.69) is 12.1 Å². The minimum absolute atomic E-state index is 0.171. The predicted octanol–water partition coefficient (Wildman–Crippen LogP) is 9.37. The topological polar surface area (TPSA) is 40.5 Å². The first-order chi connectivity index (χ1) is 17.7. The van der Waals surface area contributed by atoms with E-state index in [1.807, 2.05) is 109 Å². The van der Waals surface area contributed by atoms with Crippen LogP contribution in [0.5, 0.6) is 11.5 Å². The van der Waals surface area contributed by atoms with Gasteiger partial charge in [-0.2, -0.15) is 0 Å². The van der Waals surface area contributed by atoms with E-state index in [4.69, 9.17) is 0 Å². The van der Waals surface area contributed by atoms with Gasteiger partial charge in [0.05, 0.1) is 9.79 Å². The number of hydrogen-bond donors (Lipinski definition) is 2. The van der Waals surface area contributed by atoms with Crippen molar-refractivity contribution in [3.8, 4) is 22.6 Å². The molecule has 0 aliphatic rings. The Hall–Kier alpha value is -3.86. The van der Waals surface area contributed by atoms with Crippen LogP contribution in [0.25, 0.3) is 32.7 Å². The lowest BCUT2D eigenvalue weighted by Crippen LogP contribution is -1.91. The zero-order valence-corrected chi connectivity index (χ0v) is 20.9. The summed E-state index contributed by atoms with van der Waals surface area (Å²) in [6, 6.07) is 40.1. The van der Waals surface area contributed by atoms with E-state index in [-0.39, 0.29) is 11.5 Å². The van der Waals surface area contributed by atoms with Gasteiger partial charge < -0.3 is 10.2 Å². The van der Waals surface area contributed by atoms with E-state index in [0.717, 1.165) is 41.1 Å². The molecule has 6 aromatic rings. The van der Waals surface area contributed by atoms with E-state index in [0.29, 0.717) is 11.1 Å². The SMILES string of the molecule is Oc1c(Sc2ccccc2)cc2ccccc2c1-c1c(O)c(Sc2ccccc2)cc2ccccc12. The van der Waals surface area contributed by atoms with Gasteiger partial charge in [0.1, 0.15) is 11.5 Å². The van der Waals surface area contributed by atoms with Gasteiger partial charge in [0.25, 0.3) is 0 Å². The molecule has 2 nitrogen and oxygen atoms in total. The van der Waals surface area contributed by atoms with Crippen LogP contribution in [0.2, 0.25) is 0 Å². The Balaban J connectivity index is 1.64. The standard InChI is InChI=1S/C32H22O2S2/c33-31-27(35-23-13-3-1-4-14-23)19-21-11-7-9-17-25(21)29(31)30-26-18-10-8-12-22(26)20-28(32(30)34)36-24-15-5-2-6-16-24/h1-20,33-34H. The molecule has 0 heterocycles. The van der Waals surface area contributed by atoms with E-state index in [1.54, 1.807) is 0 Å². The van der Waals surface area contributed by atoms with Gasteiger partial charge in [-0.1, -0.05) is 108 Å². The molecule has 0 amide bonds. The molecule has 0 atom stereocenters. The monoisotopic (exact) mass is 502 g/mol. The second-order valence-electron chi connectivity index (χ2n) is 8.47. The molecule has 0 fully saturated rings. The lowest BCUT2D eigenvalue weighted by Gasteiger charge is -2.19. The van der Waals surface area contributed by atoms with Crippen molar-refractivity contribution in [1.29, 1.82) is 0 Å². The fourth-order valence-corrected chi connectivity index (χ4v) is 6.38. The Kier molecular flexibility index (Phi) is 6.06. The van der Waals surface area contributed by atoms with E-state index >= 15 is 0 Å². The average molecular weight is 503 g/mol. The minimum atomic E-state index is 0.171. The van der Waals surface area contributed by atoms with Gasteiger partial charge in [0.2, 0.25) is 0 Å². The number of fused-ring (bicyclic) bond motifs is 2. The summed E-state index contributed by atoms with van der Waals surface area (Å²) < 4.78 is 0. The summed E-state index contributed by atoms with van der Waals surface area (Å²) in [5.41, 5.74) is 1.30. The molecule has 0 radical (unpaired) electrons. The summed E-state index contributed by atoms with van der Waals surface area (Å²) in [5.74, 6) is 0.342. The first-order valence-electron chi connectivity index (χ1n) is 11.6. The molecule has 0 aromatic heterocycles. The van der Waals surface area contributed by atoms with Crippen LogP contribution in [0.3, 0.4) is 0 Å². The smallest absolute Gasteiger partial charge is 0.138 e. The lowest BCUT2D eigenvalue weighted by atomic mass is 9.92. The summed E-state index contributed by atoms with van der Waals surface area (Å²) in [7, 11) is 0. The van der Waals surface area contributed by atoms with Crippen molar-refractivity contribution in [3.05, 3.63) is 121 Å². The summed E-state index contributed by atoms with van der Waals surface area (Å²) in [4.78, 5) is 3.58. The Morgan fingerprint density at radius 3 is 1.19 bits per heavy atom. The Labute approximate surface area is 218 Å². The molecule has 0 bridgehead atoms. The van der Waals surface area contributed by atoms with Gasteiger partial charge in [0.15, 0.2) is 0 Å². The lowest BCUT2D eigenvalue weighted by molar-refractivity contribution is 0.457. The van der Waals surface area contributed by atoms with Crippen LogP contribution in [0.15, 0.2) is 141 Å². The van der Waals surface area contributed by atoms with Crippen LogP contribution >= 0.6 is 23.5 Å². The van der Waals surface area contributed by atoms with Crippen LogP contribution in [0, 0.1) is 0 Å². The minimum Gasteiger partial charge on any atom is -0.506 e. The molecule has 0 aliphatic heterocycles. The summed E-state index contributed by atoms with van der Waals surface area (Å²) in [6.07, 6.45) is 0. The molecule has 2 N–H and O–H groups in total. The van der Waals surface area contributed by atoms with E-state index in [9.17, 15) is 10.2 Å². The second kappa shape index (κ2) is 9.65. The molecule has 0 spiro atoms. The first-order valence-corrected chi connectivity index (χ1v) is 13.3. The molecule has 0 aliphatic carbocycles. The maximum atomic E-state index is 11.7. The highest BCUT2D eigenvalue weighted by molar-refractivity contribution is 7.99. The maximum absolute atomic E-state index is 11.7. The van der Waals surface area contributed by atoms with Crippen LogP contribution in [-0.2, 0) is 0 Å². The molecule has 6 aromatic carbocycles. The van der Waals surface area contributed by atoms with Crippen LogP contribution in [-0.4, -0.2) is 10.2 Å². The van der Waals surface area contributed by atoms with Crippen molar-refractivity contribution >= 4 is 45.1 Å². The third-order valence-corrected chi connectivity index (χ3v) is 8.24. The number of hydrogen-bond acceptors (Lipinski definition) is 4. The van der Waals surface area contributed by atoms with Crippen LogP contribution in [0.4, 0.5) is 0 Å². The van der Waals surface area contributed by atoms with Crippen molar-refractivity contribution in [2.24, 2.45) is 0 Å². The summed E-state index contributed by atoms with van der Waals surface area (Å²) in [6.45, 7) is 0. The van der Waals surface area contributed by atoms with Gasteiger partial charge in [-0.25, -0.2) is 0 Å². The van der Waals surface area contributed by atoms with Crippen molar-refractivity contribution in [2.75, 3.05) is 0 Å². The molecule has 0 saturated carbocycles. The van der Waals surface area contributed by atoms with E-state index in [1.165, 1.54) is 23.5 Å². The fourth-order valence-electron chi connectivity index (χ4n) is 4.51. The maximum Gasteiger partial charge on any atom is 0.138 e. The van der Waals surface area contributed by atoms with Crippen LogP contribution in [0.1, 0.15) is 0 Å². The molecule has 36 heavy (non-hydrogen) atoms. The average Bonchev–Trinajstić information content (AvgIpc) is 2.92. The Morgan fingerprint density at radius 1 is 0.417 bits per heavy atom. The zero-order chi connectivity index (χ0) is 24.5. The Morgan fingerprint density at radius 2 is 0.778 bits per heavy atom. The third kappa shape index (κ3) is 4.19.